The van der Waals surface area contributed by atoms with Crippen molar-refractivity contribution in [3.05, 3.63) is 65.7 Å². The smallest absolute Gasteiger partial charge is 0.234 e. The van der Waals surface area contributed by atoms with Crippen molar-refractivity contribution < 1.29 is 4.79 Å². The van der Waals surface area contributed by atoms with E-state index in [1.807, 2.05) is 49.4 Å². The van der Waals surface area contributed by atoms with Crippen LogP contribution in [0.5, 0.6) is 0 Å². The maximum atomic E-state index is 11.8. The van der Waals surface area contributed by atoms with Gasteiger partial charge in [-0.05, 0) is 30.2 Å². The molecule has 0 saturated heterocycles. The van der Waals surface area contributed by atoms with Gasteiger partial charge in [0, 0.05) is 11.4 Å². The van der Waals surface area contributed by atoms with Crippen molar-refractivity contribution in [1.29, 1.82) is 0 Å². The Morgan fingerprint density at radius 3 is 2.63 bits per heavy atom. The summed E-state index contributed by atoms with van der Waals surface area (Å²) in [7, 11) is 0. The molecule has 0 bridgehead atoms. The van der Waals surface area contributed by atoms with Crippen LogP contribution < -0.4 is 5.32 Å². The van der Waals surface area contributed by atoms with Gasteiger partial charge in [-0.25, -0.2) is 0 Å². The SMILES string of the molecule is Cc1cccc(NC(=O)CSCc2ccccc2)c1. The molecule has 0 radical (unpaired) electrons. The highest BCUT2D eigenvalue weighted by molar-refractivity contribution is 7.99. The molecule has 0 fully saturated rings. The van der Waals surface area contributed by atoms with Crippen LogP contribution in [0.3, 0.4) is 0 Å². The third kappa shape index (κ3) is 4.79. The molecule has 2 rings (SSSR count). The molecular formula is C16H17NOS. The Hall–Kier alpha value is -1.74. The van der Waals surface area contributed by atoms with Crippen molar-refractivity contribution in [3.63, 3.8) is 0 Å². The second-order valence-electron chi connectivity index (χ2n) is 4.40. The maximum Gasteiger partial charge on any atom is 0.234 e. The van der Waals surface area contributed by atoms with E-state index in [1.54, 1.807) is 11.8 Å². The van der Waals surface area contributed by atoms with Crippen LogP contribution in [0.1, 0.15) is 11.1 Å². The lowest BCUT2D eigenvalue weighted by atomic mass is 10.2. The van der Waals surface area contributed by atoms with Crippen LogP contribution in [0.25, 0.3) is 0 Å². The zero-order valence-electron chi connectivity index (χ0n) is 10.9. The molecule has 1 amide bonds. The molecule has 0 aromatic heterocycles. The van der Waals surface area contributed by atoms with Crippen molar-refractivity contribution in [3.8, 4) is 0 Å². The fourth-order valence-corrected chi connectivity index (χ4v) is 2.54. The summed E-state index contributed by atoms with van der Waals surface area (Å²) in [4.78, 5) is 11.8. The number of carbonyl (C=O) groups is 1. The average molecular weight is 271 g/mol. The van der Waals surface area contributed by atoms with Gasteiger partial charge >= 0.3 is 0 Å². The number of hydrogen-bond donors (Lipinski definition) is 1. The van der Waals surface area contributed by atoms with E-state index in [0.29, 0.717) is 5.75 Å². The summed E-state index contributed by atoms with van der Waals surface area (Å²) in [6.07, 6.45) is 0. The first kappa shape index (κ1) is 13.7. The Balaban J connectivity index is 1.76. The lowest BCUT2D eigenvalue weighted by Crippen LogP contribution is -2.14. The second kappa shape index (κ2) is 7.00. The second-order valence-corrected chi connectivity index (χ2v) is 5.38. The third-order valence-corrected chi connectivity index (χ3v) is 3.65. The van der Waals surface area contributed by atoms with E-state index in [0.717, 1.165) is 17.0 Å². The van der Waals surface area contributed by atoms with Crippen molar-refractivity contribution in [2.75, 3.05) is 11.1 Å². The van der Waals surface area contributed by atoms with Gasteiger partial charge in [-0.2, -0.15) is 0 Å². The van der Waals surface area contributed by atoms with Gasteiger partial charge in [0.1, 0.15) is 0 Å². The van der Waals surface area contributed by atoms with Gasteiger partial charge in [0.15, 0.2) is 0 Å². The van der Waals surface area contributed by atoms with Crippen molar-refractivity contribution >= 4 is 23.4 Å². The zero-order valence-corrected chi connectivity index (χ0v) is 11.7. The monoisotopic (exact) mass is 271 g/mol. The minimum atomic E-state index is 0.0477. The molecule has 0 atom stereocenters. The lowest BCUT2D eigenvalue weighted by Gasteiger charge is -2.06. The number of carbonyl (C=O) groups excluding carboxylic acids is 1. The number of amides is 1. The predicted molar refractivity (Wildman–Crippen MR) is 82.4 cm³/mol. The molecule has 0 aliphatic carbocycles. The summed E-state index contributed by atoms with van der Waals surface area (Å²) in [6, 6.07) is 18.0. The average Bonchev–Trinajstić information content (AvgIpc) is 2.40. The highest BCUT2D eigenvalue weighted by atomic mass is 32.2. The van der Waals surface area contributed by atoms with Crippen LogP contribution in [0, 0.1) is 6.92 Å². The van der Waals surface area contributed by atoms with Crippen molar-refractivity contribution in [2.24, 2.45) is 0 Å². The zero-order chi connectivity index (χ0) is 13.5. The summed E-state index contributed by atoms with van der Waals surface area (Å²) in [5, 5.41) is 2.91. The first-order valence-corrected chi connectivity index (χ1v) is 7.38. The van der Waals surface area contributed by atoms with Crippen LogP contribution in [-0.4, -0.2) is 11.7 Å². The number of aryl methyl sites for hydroxylation is 1. The largest absolute Gasteiger partial charge is 0.325 e. The van der Waals surface area contributed by atoms with Crippen molar-refractivity contribution in [2.45, 2.75) is 12.7 Å². The van der Waals surface area contributed by atoms with Crippen LogP contribution in [0.4, 0.5) is 5.69 Å². The summed E-state index contributed by atoms with van der Waals surface area (Å²) in [5.41, 5.74) is 3.26. The van der Waals surface area contributed by atoms with Crippen LogP contribution >= 0.6 is 11.8 Å². The molecule has 98 valence electrons. The molecule has 2 aromatic rings. The van der Waals surface area contributed by atoms with Gasteiger partial charge in [-0.15, -0.1) is 11.8 Å². The quantitative estimate of drug-likeness (QED) is 0.894. The third-order valence-electron chi connectivity index (χ3n) is 2.65. The summed E-state index contributed by atoms with van der Waals surface area (Å²) >= 11 is 1.63. The first-order valence-electron chi connectivity index (χ1n) is 6.22. The van der Waals surface area contributed by atoms with E-state index in [1.165, 1.54) is 5.56 Å². The number of thioether (sulfide) groups is 1. The lowest BCUT2D eigenvalue weighted by molar-refractivity contribution is -0.113. The van der Waals surface area contributed by atoms with E-state index in [-0.39, 0.29) is 5.91 Å². The number of anilines is 1. The standard InChI is InChI=1S/C16H17NOS/c1-13-6-5-9-15(10-13)17-16(18)12-19-11-14-7-3-2-4-8-14/h2-10H,11-12H2,1H3,(H,17,18). The number of nitrogens with one attached hydrogen (secondary N) is 1. The molecular weight excluding hydrogens is 254 g/mol. The molecule has 0 aliphatic rings. The molecule has 2 aromatic carbocycles. The number of rotatable bonds is 5. The molecule has 19 heavy (non-hydrogen) atoms. The Morgan fingerprint density at radius 1 is 1.11 bits per heavy atom. The van der Waals surface area contributed by atoms with Crippen LogP contribution in [0.2, 0.25) is 0 Å². The Kier molecular flexibility index (Phi) is 5.04. The van der Waals surface area contributed by atoms with E-state index in [4.69, 9.17) is 0 Å². The molecule has 0 saturated carbocycles. The van der Waals surface area contributed by atoms with Crippen molar-refractivity contribution in [1.82, 2.24) is 0 Å². The maximum absolute atomic E-state index is 11.8. The molecule has 2 nitrogen and oxygen atoms in total. The fraction of sp³-hybridized carbons (Fsp3) is 0.188. The molecule has 0 spiro atoms. The van der Waals surface area contributed by atoms with E-state index < -0.39 is 0 Å². The van der Waals surface area contributed by atoms with Gasteiger partial charge in [0.2, 0.25) is 5.91 Å². The van der Waals surface area contributed by atoms with E-state index >= 15 is 0 Å². The number of hydrogen-bond acceptors (Lipinski definition) is 2. The first-order chi connectivity index (χ1) is 9.24. The molecule has 0 unspecified atom stereocenters. The Bertz CT molecular complexity index is 539. The van der Waals surface area contributed by atoms with Gasteiger partial charge in [0.25, 0.3) is 0 Å². The topological polar surface area (TPSA) is 29.1 Å². The molecule has 3 heteroatoms. The highest BCUT2D eigenvalue weighted by Crippen LogP contribution is 2.13. The molecule has 1 N–H and O–H groups in total. The summed E-state index contributed by atoms with van der Waals surface area (Å²) in [6.45, 7) is 2.01. The normalized spacial score (nSPS) is 10.2. The summed E-state index contributed by atoms with van der Waals surface area (Å²) in [5.74, 6) is 1.39. The van der Waals surface area contributed by atoms with Crippen LogP contribution in [0.15, 0.2) is 54.6 Å². The van der Waals surface area contributed by atoms with Crippen LogP contribution in [-0.2, 0) is 10.5 Å². The van der Waals surface area contributed by atoms with E-state index in [2.05, 4.69) is 17.4 Å². The summed E-state index contributed by atoms with van der Waals surface area (Å²) < 4.78 is 0. The van der Waals surface area contributed by atoms with E-state index in [9.17, 15) is 4.79 Å². The van der Waals surface area contributed by atoms with Gasteiger partial charge < -0.3 is 5.32 Å². The Labute approximate surface area is 118 Å². The predicted octanol–water partition coefficient (Wildman–Crippen LogP) is 3.87. The minimum absolute atomic E-state index is 0.0477. The fourth-order valence-electron chi connectivity index (χ4n) is 1.76. The van der Waals surface area contributed by atoms with Gasteiger partial charge in [0.05, 0.1) is 5.75 Å². The molecule has 0 aliphatic heterocycles. The highest BCUT2D eigenvalue weighted by Gasteiger charge is 2.02. The van der Waals surface area contributed by atoms with Gasteiger partial charge in [-0.1, -0.05) is 42.5 Å². The van der Waals surface area contributed by atoms with Gasteiger partial charge in [-0.3, -0.25) is 4.79 Å². The number of benzene rings is 2. The molecule has 0 heterocycles. The minimum Gasteiger partial charge on any atom is -0.325 e. The Morgan fingerprint density at radius 2 is 1.89 bits per heavy atom.